The lowest BCUT2D eigenvalue weighted by molar-refractivity contribution is 0.427. The van der Waals surface area contributed by atoms with Gasteiger partial charge in [0.15, 0.2) is 11.2 Å². The Morgan fingerprint density at radius 3 is 2.26 bits per heavy atom. The third-order valence-corrected chi connectivity index (χ3v) is 6.32. The summed E-state index contributed by atoms with van der Waals surface area (Å²) in [5.74, 6) is 0.554. The summed E-state index contributed by atoms with van der Waals surface area (Å²) in [4.78, 5) is 30.5. The zero-order valence-electron chi connectivity index (χ0n) is 17.4. The number of imidazole rings is 1. The van der Waals surface area contributed by atoms with Gasteiger partial charge in [-0.2, -0.15) is 4.98 Å². The van der Waals surface area contributed by atoms with Gasteiger partial charge in [-0.05, 0) is 54.8 Å². The number of ether oxygens (including phenoxy) is 1. The topological polar surface area (TPSA) is 71.1 Å². The van der Waals surface area contributed by atoms with Gasteiger partial charge < -0.3 is 4.74 Å². The Hall–Kier alpha value is -2.84. The van der Waals surface area contributed by atoms with E-state index >= 15 is 0 Å². The molecule has 0 aliphatic carbocycles. The number of hydrogen-bond donors (Lipinski definition) is 0. The van der Waals surface area contributed by atoms with E-state index in [9.17, 15) is 9.59 Å². The Balaban J connectivity index is 1.83. The normalized spacial score (nSPS) is 11.3. The van der Waals surface area contributed by atoms with Gasteiger partial charge in [-0.1, -0.05) is 39.7 Å². The third-order valence-electron chi connectivity index (χ3n) is 5.19. The van der Waals surface area contributed by atoms with Crippen molar-refractivity contribution < 1.29 is 4.74 Å². The summed E-state index contributed by atoms with van der Waals surface area (Å²) in [5.41, 5.74) is 2.28. The molecule has 0 bridgehead atoms. The fourth-order valence-electron chi connectivity index (χ4n) is 3.50. The predicted molar refractivity (Wildman–Crippen MR) is 124 cm³/mol. The van der Waals surface area contributed by atoms with E-state index in [4.69, 9.17) is 16.3 Å². The molecule has 0 N–H and O–H groups in total. The highest BCUT2D eigenvalue weighted by Gasteiger charge is 2.20. The van der Waals surface area contributed by atoms with Crippen molar-refractivity contribution in [3.8, 4) is 11.8 Å². The number of halogens is 2. The maximum atomic E-state index is 13.2. The first kappa shape index (κ1) is 21.4. The van der Waals surface area contributed by atoms with Crippen molar-refractivity contribution in [3.63, 3.8) is 0 Å². The zero-order valence-corrected chi connectivity index (χ0v) is 19.8. The van der Waals surface area contributed by atoms with Crippen LogP contribution in [0.15, 0.2) is 50.5 Å². The molecule has 160 valence electrons. The standard InChI is InChI=1S/C22H20BrClN4O3/c1-12-9-16(10-13(2)17(12)24)31-21-25-19-18(26(21)3)20(29)28(22(30)27(19)4)11-14-5-7-15(23)8-6-14/h5-10H,11H2,1-4H3. The Morgan fingerprint density at radius 1 is 1.03 bits per heavy atom. The molecule has 0 spiro atoms. The van der Waals surface area contributed by atoms with E-state index < -0.39 is 11.2 Å². The molecule has 0 fully saturated rings. The van der Waals surface area contributed by atoms with Gasteiger partial charge in [0.25, 0.3) is 5.56 Å². The lowest BCUT2D eigenvalue weighted by Gasteiger charge is -2.09. The minimum atomic E-state index is -0.441. The summed E-state index contributed by atoms with van der Waals surface area (Å²) in [6.07, 6.45) is 0. The van der Waals surface area contributed by atoms with Crippen LogP contribution in [0.3, 0.4) is 0 Å². The molecular formula is C22H20BrClN4O3. The second-order valence-electron chi connectivity index (χ2n) is 7.46. The van der Waals surface area contributed by atoms with Gasteiger partial charge in [0.05, 0.1) is 6.54 Å². The fraction of sp³-hybridized carbons (Fsp3) is 0.227. The molecule has 4 rings (SSSR count). The summed E-state index contributed by atoms with van der Waals surface area (Å²) in [6, 6.07) is 11.3. The van der Waals surface area contributed by atoms with Crippen LogP contribution in [0.1, 0.15) is 16.7 Å². The first-order valence-corrected chi connectivity index (χ1v) is 10.7. The molecular weight excluding hydrogens is 484 g/mol. The van der Waals surface area contributed by atoms with Crippen LogP contribution in [0.5, 0.6) is 11.8 Å². The van der Waals surface area contributed by atoms with Gasteiger partial charge in [0.2, 0.25) is 0 Å². The van der Waals surface area contributed by atoms with Crippen LogP contribution >= 0.6 is 27.5 Å². The summed E-state index contributed by atoms with van der Waals surface area (Å²) < 4.78 is 11.0. The van der Waals surface area contributed by atoms with Gasteiger partial charge in [-0.15, -0.1) is 0 Å². The van der Waals surface area contributed by atoms with E-state index in [1.807, 2.05) is 38.1 Å². The smallest absolute Gasteiger partial charge is 0.332 e. The van der Waals surface area contributed by atoms with Crippen molar-refractivity contribution in [1.29, 1.82) is 0 Å². The number of rotatable bonds is 4. The average molecular weight is 504 g/mol. The predicted octanol–water partition coefficient (Wildman–Crippen LogP) is 4.31. The number of aromatic nitrogens is 4. The SMILES string of the molecule is Cc1cc(Oc2nc3c(c(=O)n(Cc4ccc(Br)cc4)c(=O)n3C)n2C)cc(C)c1Cl. The van der Waals surface area contributed by atoms with Crippen LogP contribution in [0.2, 0.25) is 5.02 Å². The van der Waals surface area contributed by atoms with Crippen molar-refractivity contribution in [2.45, 2.75) is 20.4 Å². The van der Waals surface area contributed by atoms with E-state index in [1.165, 1.54) is 9.13 Å². The number of fused-ring (bicyclic) bond motifs is 1. The van der Waals surface area contributed by atoms with Crippen molar-refractivity contribution in [3.05, 3.63) is 83.4 Å². The molecule has 0 atom stereocenters. The fourth-order valence-corrected chi connectivity index (χ4v) is 3.87. The number of nitrogens with zero attached hydrogens (tertiary/aromatic N) is 4. The molecule has 0 amide bonds. The molecule has 0 radical (unpaired) electrons. The van der Waals surface area contributed by atoms with E-state index in [1.54, 1.807) is 30.8 Å². The average Bonchev–Trinajstić information content (AvgIpc) is 3.05. The molecule has 9 heteroatoms. The van der Waals surface area contributed by atoms with Crippen LogP contribution in [0.25, 0.3) is 11.2 Å². The quantitative estimate of drug-likeness (QED) is 0.416. The molecule has 0 unspecified atom stereocenters. The first-order chi connectivity index (χ1) is 14.7. The summed E-state index contributed by atoms with van der Waals surface area (Å²) in [5, 5.41) is 0.676. The Kier molecular flexibility index (Phi) is 5.53. The molecule has 2 aromatic carbocycles. The summed E-state index contributed by atoms with van der Waals surface area (Å²) in [7, 11) is 3.28. The van der Waals surface area contributed by atoms with Crippen LogP contribution in [-0.4, -0.2) is 18.7 Å². The van der Waals surface area contributed by atoms with Gasteiger partial charge in [0, 0.05) is 23.6 Å². The van der Waals surface area contributed by atoms with E-state index in [2.05, 4.69) is 20.9 Å². The second kappa shape index (κ2) is 8.01. The minimum absolute atomic E-state index is 0.158. The number of aryl methyl sites for hydroxylation is 4. The molecule has 0 aliphatic rings. The van der Waals surface area contributed by atoms with Crippen molar-refractivity contribution in [2.75, 3.05) is 0 Å². The van der Waals surface area contributed by atoms with Gasteiger partial charge in [-0.3, -0.25) is 18.5 Å². The highest BCUT2D eigenvalue weighted by Crippen LogP contribution is 2.29. The molecule has 2 aromatic heterocycles. The van der Waals surface area contributed by atoms with Crippen LogP contribution in [0, 0.1) is 13.8 Å². The minimum Gasteiger partial charge on any atom is -0.425 e. The van der Waals surface area contributed by atoms with Crippen LogP contribution < -0.4 is 16.0 Å². The Labute approximate surface area is 191 Å². The first-order valence-electron chi connectivity index (χ1n) is 9.52. The zero-order chi connectivity index (χ0) is 22.4. The van der Waals surface area contributed by atoms with Gasteiger partial charge >= 0.3 is 11.7 Å². The maximum absolute atomic E-state index is 13.2. The molecule has 2 heterocycles. The molecule has 7 nitrogen and oxygen atoms in total. The Morgan fingerprint density at radius 2 is 1.65 bits per heavy atom. The molecule has 0 saturated heterocycles. The molecule has 0 aliphatic heterocycles. The number of hydrogen-bond acceptors (Lipinski definition) is 4. The summed E-state index contributed by atoms with van der Waals surface area (Å²) in [6.45, 7) is 3.94. The van der Waals surface area contributed by atoms with Gasteiger partial charge in [-0.25, -0.2) is 4.79 Å². The molecule has 4 aromatic rings. The van der Waals surface area contributed by atoms with Crippen molar-refractivity contribution in [2.24, 2.45) is 14.1 Å². The third kappa shape index (κ3) is 3.81. The maximum Gasteiger partial charge on any atom is 0.332 e. The van der Waals surface area contributed by atoms with Crippen molar-refractivity contribution >= 4 is 38.7 Å². The molecule has 31 heavy (non-hydrogen) atoms. The molecule has 0 saturated carbocycles. The summed E-state index contributed by atoms with van der Waals surface area (Å²) >= 11 is 9.63. The number of benzene rings is 2. The largest absolute Gasteiger partial charge is 0.425 e. The van der Waals surface area contributed by atoms with Gasteiger partial charge in [0.1, 0.15) is 5.75 Å². The highest BCUT2D eigenvalue weighted by molar-refractivity contribution is 9.10. The highest BCUT2D eigenvalue weighted by atomic mass is 79.9. The van der Waals surface area contributed by atoms with E-state index in [-0.39, 0.29) is 23.7 Å². The van der Waals surface area contributed by atoms with E-state index in [0.717, 1.165) is 21.2 Å². The van der Waals surface area contributed by atoms with Crippen LogP contribution in [-0.2, 0) is 20.6 Å². The lowest BCUT2D eigenvalue weighted by atomic mass is 10.1. The monoisotopic (exact) mass is 502 g/mol. The van der Waals surface area contributed by atoms with Crippen LogP contribution in [0.4, 0.5) is 0 Å². The lowest BCUT2D eigenvalue weighted by Crippen LogP contribution is -2.39. The second-order valence-corrected chi connectivity index (χ2v) is 8.75. The Bertz CT molecular complexity index is 1410. The van der Waals surface area contributed by atoms with E-state index in [0.29, 0.717) is 10.8 Å². The van der Waals surface area contributed by atoms with Crippen molar-refractivity contribution in [1.82, 2.24) is 18.7 Å².